The molecule has 10 heteroatoms. The first kappa shape index (κ1) is 22.2. The first-order chi connectivity index (χ1) is 15.3. The smallest absolute Gasteiger partial charge is 0.408 e. The fourth-order valence-corrected chi connectivity index (χ4v) is 5.20. The molecule has 1 saturated carbocycles. The van der Waals surface area contributed by atoms with Gasteiger partial charge in [0.15, 0.2) is 0 Å². The van der Waals surface area contributed by atoms with E-state index in [0.717, 1.165) is 12.8 Å². The van der Waals surface area contributed by atoms with Gasteiger partial charge in [-0.3, -0.25) is 9.59 Å². The average molecular weight is 460 g/mol. The summed E-state index contributed by atoms with van der Waals surface area (Å²) in [5.41, 5.74) is 0.697. The SMILES string of the molecule is CC1S[C@@H]2C(NC(=O)C(NC(=O)OC(C)C3CC3)c3ccccc3)C(=O)N2C=C1C(=O)O. The van der Waals surface area contributed by atoms with Gasteiger partial charge < -0.3 is 25.4 Å². The topological polar surface area (TPSA) is 125 Å². The van der Waals surface area contributed by atoms with Crippen molar-refractivity contribution in [3.05, 3.63) is 47.7 Å². The van der Waals surface area contributed by atoms with Crippen molar-refractivity contribution in [1.29, 1.82) is 0 Å². The Morgan fingerprint density at radius 3 is 2.53 bits per heavy atom. The number of rotatable bonds is 7. The van der Waals surface area contributed by atoms with Crippen molar-refractivity contribution in [3.63, 3.8) is 0 Å². The number of carboxylic acids is 1. The maximum absolute atomic E-state index is 13.1. The van der Waals surface area contributed by atoms with E-state index < -0.39 is 41.3 Å². The molecule has 1 aliphatic carbocycles. The van der Waals surface area contributed by atoms with Crippen molar-refractivity contribution in [2.24, 2.45) is 5.92 Å². The molecule has 0 bridgehead atoms. The second-order valence-electron chi connectivity index (χ2n) is 8.23. The Kier molecular flexibility index (Phi) is 6.14. The average Bonchev–Trinajstić information content (AvgIpc) is 3.61. The quantitative estimate of drug-likeness (QED) is 0.533. The summed E-state index contributed by atoms with van der Waals surface area (Å²) in [6.07, 6.45) is 2.46. The molecule has 2 fully saturated rings. The van der Waals surface area contributed by atoms with Crippen molar-refractivity contribution >= 4 is 35.6 Å². The molecule has 2 aliphatic heterocycles. The number of benzene rings is 1. The lowest BCUT2D eigenvalue weighted by molar-refractivity contribution is -0.145. The molecule has 32 heavy (non-hydrogen) atoms. The van der Waals surface area contributed by atoms with E-state index in [-0.39, 0.29) is 16.9 Å². The van der Waals surface area contributed by atoms with Gasteiger partial charge in [-0.2, -0.15) is 0 Å². The van der Waals surface area contributed by atoms with Crippen LogP contribution in [0.4, 0.5) is 4.79 Å². The highest BCUT2D eigenvalue weighted by Gasteiger charge is 2.52. The van der Waals surface area contributed by atoms with Crippen molar-refractivity contribution in [1.82, 2.24) is 15.5 Å². The number of nitrogens with zero attached hydrogens (tertiary/aromatic N) is 1. The Morgan fingerprint density at radius 1 is 1.22 bits per heavy atom. The maximum atomic E-state index is 13.1. The number of ether oxygens (including phenoxy) is 1. The molecule has 170 valence electrons. The Hall–Kier alpha value is -3.01. The summed E-state index contributed by atoms with van der Waals surface area (Å²) in [6, 6.07) is 6.88. The van der Waals surface area contributed by atoms with Gasteiger partial charge in [0, 0.05) is 11.4 Å². The first-order valence-electron chi connectivity index (χ1n) is 10.5. The maximum Gasteiger partial charge on any atom is 0.408 e. The third-order valence-corrected chi connectivity index (χ3v) is 7.36. The number of carbonyl (C=O) groups excluding carboxylic acids is 3. The highest BCUT2D eigenvalue weighted by molar-refractivity contribution is 8.00. The van der Waals surface area contributed by atoms with Crippen LogP contribution >= 0.6 is 11.8 Å². The number of carbonyl (C=O) groups is 4. The molecule has 3 N–H and O–H groups in total. The zero-order valence-electron chi connectivity index (χ0n) is 17.7. The third kappa shape index (κ3) is 4.45. The van der Waals surface area contributed by atoms with E-state index in [4.69, 9.17) is 4.74 Å². The monoisotopic (exact) mass is 459 g/mol. The number of thioether (sulfide) groups is 1. The molecule has 4 unspecified atom stereocenters. The molecular weight excluding hydrogens is 434 g/mol. The Balaban J connectivity index is 1.45. The van der Waals surface area contributed by atoms with Gasteiger partial charge in [-0.1, -0.05) is 30.3 Å². The minimum atomic E-state index is -1.07. The first-order valence-corrected chi connectivity index (χ1v) is 11.5. The summed E-state index contributed by atoms with van der Waals surface area (Å²) < 4.78 is 5.40. The standard InChI is InChI=1S/C22H25N3O6S/c1-11(13-8-9-13)31-22(30)24-16(14-6-4-3-5-7-14)18(26)23-17-19(27)25-10-15(21(28)29)12(2)32-20(17)25/h3-7,10-13,16-17,20H,8-9H2,1-2H3,(H,23,26)(H,24,30)(H,28,29)/t11?,12?,16?,17?,20-/m1/s1. The number of amides is 3. The Bertz CT molecular complexity index is 964. The summed E-state index contributed by atoms with van der Waals surface area (Å²) in [5.74, 6) is -1.64. The van der Waals surface area contributed by atoms with Gasteiger partial charge in [-0.05, 0) is 38.2 Å². The van der Waals surface area contributed by atoms with Crippen LogP contribution in [0.5, 0.6) is 0 Å². The van der Waals surface area contributed by atoms with Crippen LogP contribution in [-0.2, 0) is 19.1 Å². The fourth-order valence-electron chi connectivity index (χ4n) is 3.83. The molecule has 1 aromatic rings. The van der Waals surface area contributed by atoms with E-state index in [9.17, 15) is 24.3 Å². The second kappa shape index (κ2) is 8.85. The number of nitrogens with one attached hydrogen (secondary N) is 2. The molecular formula is C22H25N3O6S. The normalized spacial score (nSPS) is 26.1. The van der Waals surface area contributed by atoms with E-state index in [2.05, 4.69) is 10.6 Å². The van der Waals surface area contributed by atoms with E-state index in [1.807, 2.05) is 6.92 Å². The number of carboxylic acid groups (broad SMARTS) is 1. The van der Waals surface area contributed by atoms with Gasteiger partial charge >= 0.3 is 12.1 Å². The van der Waals surface area contributed by atoms with E-state index >= 15 is 0 Å². The summed E-state index contributed by atoms with van der Waals surface area (Å²) in [5, 5.41) is 13.9. The molecule has 3 aliphatic rings. The lowest BCUT2D eigenvalue weighted by Gasteiger charge is -2.48. The Morgan fingerprint density at radius 2 is 1.91 bits per heavy atom. The van der Waals surface area contributed by atoms with E-state index in [0.29, 0.717) is 11.5 Å². The van der Waals surface area contributed by atoms with Gasteiger partial charge in [0.2, 0.25) is 5.91 Å². The summed E-state index contributed by atoms with van der Waals surface area (Å²) in [7, 11) is 0. The van der Waals surface area contributed by atoms with Crippen LogP contribution in [0.1, 0.15) is 38.3 Å². The van der Waals surface area contributed by atoms with Crippen LogP contribution in [0.25, 0.3) is 0 Å². The number of alkyl carbamates (subject to hydrolysis) is 1. The molecule has 5 atom stereocenters. The van der Waals surface area contributed by atoms with Crippen LogP contribution in [0.2, 0.25) is 0 Å². The molecule has 1 saturated heterocycles. The highest BCUT2D eigenvalue weighted by Crippen LogP contribution is 2.40. The van der Waals surface area contributed by atoms with Crippen molar-refractivity contribution in [3.8, 4) is 0 Å². The van der Waals surface area contributed by atoms with Crippen LogP contribution in [0.3, 0.4) is 0 Å². The summed E-state index contributed by atoms with van der Waals surface area (Å²) in [6.45, 7) is 3.58. The number of fused-ring (bicyclic) bond motifs is 1. The van der Waals surface area contributed by atoms with Crippen LogP contribution in [0.15, 0.2) is 42.1 Å². The largest absolute Gasteiger partial charge is 0.478 e. The summed E-state index contributed by atoms with van der Waals surface area (Å²) >= 11 is 1.30. The molecule has 0 spiro atoms. The van der Waals surface area contributed by atoms with Crippen LogP contribution in [0, 0.1) is 5.92 Å². The minimum Gasteiger partial charge on any atom is -0.478 e. The van der Waals surface area contributed by atoms with Gasteiger partial charge in [-0.25, -0.2) is 9.59 Å². The molecule has 0 radical (unpaired) electrons. The molecule has 4 rings (SSSR count). The fraction of sp³-hybridized carbons (Fsp3) is 0.455. The van der Waals surface area contributed by atoms with Crippen molar-refractivity contribution in [2.75, 3.05) is 0 Å². The zero-order valence-corrected chi connectivity index (χ0v) is 18.5. The number of hydrogen-bond acceptors (Lipinski definition) is 6. The third-order valence-electron chi connectivity index (χ3n) is 5.92. The van der Waals surface area contributed by atoms with Crippen molar-refractivity contribution in [2.45, 2.75) is 55.5 Å². The van der Waals surface area contributed by atoms with Crippen molar-refractivity contribution < 1.29 is 29.0 Å². The molecule has 0 aromatic heterocycles. The van der Waals surface area contributed by atoms with Gasteiger partial charge in [0.05, 0.1) is 5.57 Å². The van der Waals surface area contributed by atoms with Gasteiger partial charge in [-0.15, -0.1) is 11.8 Å². The number of β-lactam (4-membered cyclic amide) rings is 1. The van der Waals surface area contributed by atoms with E-state index in [1.165, 1.54) is 22.9 Å². The lowest BCUT2D eigenvalue weighted by Crippen LogP contribution is -2.69. The number of aliphatic carboxylic acids is 1. The zero-order chi connectivity index (χ0) is 23.0. The molecule has 9 nitrogen and oxygen atoms in total. The second-order valence-corrected chi connectivity index (χ2v) is 9.69. The predicted octanol–water partition coefficient (Wildman–Crippen LogP) is 2.01. The Labute approximate surface area is 189 Å². The van der Waals surface area contributed by atoms with Crippen LogP contribution < -0.4 is 10.6 Å². The molecule has 2 heterocycles. The number of hydrogen-bond donors (Lipinski definition) is 3. The highest BCUT2D eigenvalue weighted by atomic mass is 32.2. The van der Waals surface area contributed by atoms with E-state index in [1.54, 1.807) is 37.3 Å². The predicted molar refractivity (Wildman–Crippen MR) is 116 cm³/mol. The minimum absolute atomic E-state index is 0.140. The molecule has 1 aromatic carbocycles. The lowest BCUT2D eigenvalue weighted by atomic mass is 10.0. The van der Waals surface area contributed by atoms with Crippen LogP contribution in [-0.4, -0.2) is 56.7 Å². The summed E-state index contributed by atoms with van der Waals surface area (Å²) in [4.78, 5) is 50.8. The van der Waals surface area contributed by atoms with Gasteiger partial charge in [0.1, 0.15) is 23.6 Å². The van der Waals surface area contributed by atoms with Gasteiger partial charge in [0.25, 0.3) is 5.91 Å². The molecule has 3 amide bonds.